The van der Waals surface area contributed by atoms with Crippen LogP contribution in [-0.4, -0.2) is 50.9 Å². The first-order valence-corrected chi connectivity index (χ1v) is 17.2. The lowest BCUT2D eigenvalue weighted by Crippen LogP contribution is -2.53. The molecule has 0 unspecified atom stereocenters. The second-order valence-electron chi connectivity index (χ2n) is 10.3. The van der Waals surface area contributed by atoms with Crippen molar-refractivity contribution < 1.29 is 22.7 Å². The van der Waals surface area contributed by atoms with E-state index in [0.29, 0.717) is 34.5 Å². The first-order chi connectivity index (χ1) is 22.0. The van der Waals surface area contributed by atoms with E-state index in [-0.39, 0.29) is 34.5 Å². The van der Waals surface area contributed by atoms with Gasteiger partial charge in [-0.3, -0.25) is 13.9 Å². The fraction of sp³-hybridized carbons (Fsp3) is 0.235. The summed E-state index contributed by atoms with van der Waals surface area (Å²) in [4.78, 5) is 29.4. The largest absolute Gasteiger partial charge is 0.494 e. The molecule has 0 saturated heterocycles. The number of nitrogens with one attached hydrogen (secondary N) is 1. The lowest BCUT2D eigenvalue weighted by Gasteiger charge is -2.34. The highest BCUT2D eigenvalue weighted by molar-refractivity contribution is 7.92. The molecule has 0 heterocycles. The van der Waals surface area contributed by atoms with Gasteiger partial charge in [0.1, 0.15) is 18.3 Å². The highest BCUT2D eigenvalue weighted by atomic mass is 35.5. The van der Waals surface area contributed by atoms with Gasteiger partial charge in [-0.1, -0.05) is 71.2 Å². The van der Waals surface area contributed by atoms with E-state index < -0.39 is 28.5 Å². The summed E-state index contributed by atoms with van der Waals surface area (Å²) in [5, 5.41) is 3.82. The van der Waals surface area contributed by atoms with Gasteiger partial charge in [-0.15, -0.1) is 0 Å². The van der Waals surface area contributed by atoms with Crippen molar-refractivity contribution in [1.82, 2.24) is 10.2 Å². The van der Waals surface area contributed by atoms with Crippen LogP contribution in [0.3, 0.4) is 0 Å². The van der Waals surface area contributed by atoms with E-state index in [1.165, 1.54) is 29.2 Å². The molecular formula is C34H34Cl3N3O5S. The molecule has 0 bridgehead atoms. The third-order valence-electron chi connectivity index (χ3n) is 7.08. The summed E-state index contributed by atoms with van der Waals surface area (Å²) in [5.74, 6) is -0.445. The van der Waals surface area contributed by atoms with E-state index in [1.54, 1.807) is 49.4 Å². The Bertz CT molecular complexity index is 1740. The summed E-state index contributed by atoms with van der Waals surface area (Å²) in [6.45, 7) is 3.74. The van der Waals surface area contributed by atoms with Crippen molar-refractivity contribution in [3.8, 4) is 5.75 Å². The molecule has 0 spiro atoms. The molecule has 4 rings (SSSR count). The monoisotopic (exact) mass is 701 g/mol. The van der Waals surface area contributed by atoms with Gasteiger partial charge in [0, 0.05) is 24.5 Å². The normalized spacial score (nSPS) is 11.8. The van der Waals surface area contributed by atoms with Crippen LogP contribution >= 0.6 is 34.8 Å². The SMILES string of the molecule is CCNC(=O)[C@@H](Cc1ccccc1)N(Cc1ccc(Cl)c(Cl)c1)C(=O)CN(c1ccc(OCC)cc1)S(=O)(=O)c1ccc(Cl)cc1. The molecule has 4 aromatic carbocycles. The van der Waals surface area contributed by atoms with Gasteiger partial charge in [0.2, 0.25) is 11.8 Å². The Morgan fingerprint density at radius 1 is 0.826 bits per heavy atom. The van der Waals surface area contributed by atoms with Gasteiger partial charge in [0.05, 0.1) is 27.2 Å². The Labute approximate surface area is 284 Å². The van der Waals surface area contributed by atoms with Crippen LogP contribution in [0.5, 0.6) is 5.75 Å². The first kappa shape index (κ1) is 35.1. The molecule has 8 nitrogen and oxygen atoms in total. The standard InChI is InChI=1S/C34H34Cl3N3O5S/c1-3-38-34(42)32(21-24-8-6-5-7-9-24)39(22-25-10-19-30(36)31(37)20-25)33(41)23-40(27-13-15-28(16-14-27)45-4-2)46(43,44)29-17-11-26(35)12-18-29/h5-20,32H,3-4,21-23H2,1-2H3,(H,38,42)/t32-/m1/s1. The summed E-state index contributed by atoms with van der Waals surface area (Å²) in [6.07, 6.45) is 0.187. The topological polar surface area (TPSA) is 96.0 Å². The van der Waals surface area contributed by atoms with E-state index in [9.17, 15) is 18.0 Å². The van der Waals surface area contributed by atoms with Gasteiger partial charge in [0.15, 0.2) is 0 Å². The predicted octanol–water partition coefficient (Wildman–Crippen LogP) is 7.02. The van der Waals surface area contributed by atoms with Crippen LogP contribution in [-0.2, 0) is 32.6 Å². The molecule has 46 heavy (non-hydrogen) atoms. The van der Waals surface area contributed by atoms with Gasteiger partial charge in [-0.05, 0) is 85.6 Å². The van der Waals surface area contributed by atoms with Crippen molar-refractivity contribution in [2.45, 2.75) is 37.8 Å². The average Bonchev–Trinajstić information content (AvgIpc) is 3.04. The molecule has 0 saturated carbocycles. The summed E-state index contributed by atoms with van der Waals surface area (Å²) in [7, 11) is -4.28. The third kappa shape index (κ3) is 8.94. The summed E-state index contributed by atoms with van der Waals surface area (Å²) in [5.41, 5.74) is 1.67. The van der Waals surface area contributed by atoms with Crippen LogP contribution in [0.1, 0.15) is 25.0 Å². The fourth-order valence-corrected chi connectivity index (χ4v) is 6.68. The van der Waals surface area contributed by atoms with E-state index in [0.717, 1.165) is 9.87 Å². The quantitative estimate of drug-likeness (QED) is 0.153. The van der Waals surface area contributed by atoms with Crippen LogP contribution in [0.15, 0.2) is 102 Å². The maximum atomic E-state index is 14.5. The number of sulfonamides is 1. The van der Waals surface area contributed by atoms with Crippen LogP contribution in [0.4, 0.5) is 5.69 Å². The van der Waals surface area contributed by atoms with Gasteiger partial charge < -0.3 is 15.0 Å². The number of carbonyl (C=O) groups excluding carboxylic acids is 2. The Kier molecular flexibility index (Phi) is 12.3. The van der Waals surface area contributed by atoms with Crippen molar-refractivity contribution in [2.24, 2.45) is 0 Å². The van der Waals surface area contributed by atoms with Gasteiger partial charge in [-0.25, -0.2) is 8.42 Å². The molecular weight excluding hydrogens is 669 g/mol. The summed E-state index contributed by atoms with van der Waals surface area (Å²) < 4.78 is 34.8. The van der Waals surface area contributed by atoms with E-state index >= 15 is 0 Å². The van der Waals surface area contributed by atoms with Crippen molar-refractivity contribution in [3.05, 3.63) is 123 Å². The number of ether oxygens (including phenoxy) is 1. The summed E-state index contributed by atoms with van der Waals surface area (Å²) >= 11 is 18.5. The fourth-order valence-electron chi connectivity index (χ4n) is 4.82. The van der Waals surface area contributed by atoms with Gasteiger partial charge in [0.25, 0.3) is 10.0 Å². The molecule has 242 valence electrons. The zero-order valence-corrected chi connectivity index (χ0v) is 28.4. The van der Waals surface area contributed by atoms with E-state index in [1.807, 2.05) is 37.3 Å². The van der Waals surface area contributed by atoms with Gasteiger partial charge >= 0.3 is 0 Å². The summed E-state index contributed by atoms with van der Waals surface area (Å²) in [6, 6.07) is 25.3. The zero-order valence-electron chi connectivity index (χ0n) is 25.3. The molecule has 0 aliphatic rings. The Morgan fingerprint density at radius 2 is 1.50 bits per heavy atom. The van der Waals surface area contributed by atoms with Crippen molar-refractivity contribution in [3.63, 3.8) is 0 Å². The number of rotatable bonds is 14. The number of hydrogen-bond donors (Lipinski definition) is 1. The van der Waals surface area contributed by atoms with E-state index in [2.05, 4.69) is 5.32 Å². The first-order valence-electron chi connectivity index (χ1n) is 14.6. The molecule has 12 heteroatoms. The number of amides is 2. The number of carbonyl (C=O) groups is 2. The second kappa shape index (κ2) is 16.2. The Morgan fingerprint density at radius 3 is 2.11 bits per heavy atom. The number of anilines is 1. The number of nitrogens with zero attached hydrogens (tertiary/aromatic N) is 2. The highest BCUT2D eigenvalue weighted by Gasteiger charge is 2.34. The minimum atomic E-state index is -4.28. The van der Waals surface area contributed by atoms with Gasteiger partial charge in [-0.2, -0.15) is 0 Å². The molecule has 0 aliphatic heterocycles. The number of benzene rings is 4. The Hall–Kier alpha value is -3.76. The van der Waals surface area contributed by atoms with Crippen molar-refractivity contribution in [2.75, 3.05) is 24.0 Å². The molecule has 2 amide bonds. The molecule has 1 atom stereocenters. The molecule has 0 radical (unpaired) electrons. The smallest absolute Gasteiger partial charge is 0.264 e. The third-order valence-corrected chi connectivity index (χ3v) is 9.85. The Balaban J connectivity index is 1.80. The van der Waals surface area contributed by atoms with E-state index in [4.69, 9.17) is 39.5 Å². The van der Waals surface area contributed by atoms with Crippen LogP contribution in [0, 0.1) is 0 Å². The van der Waals surface area contributed by atoms with Crippen LogP contribution in [0.25, 0.3) is 0 Å². The molecule has 0 aromatic heterocycles. The number of hydrogen-bond acceptors (Lipinski definition) is 5. The maximum Gasteiger partial charge on any atom is 0.264 e. The molecule has 4 aromatic rings. The van der Waals surface area contributed by atoms with Crippen molar-refractivity contribution in [1.29, 1.82) is 0 Å². The average molecular weight is 703 g/mol. The van der Waals surface area contributed by atoms with Crippen molar-refractivity contribution >= 4 is 62.3 Å². The number of halogens is 3. The lowest BCUT2D eigenvalue weighted by molar-refractivity contribution is -0.140. The van der Waals surface area contributed by atoms with Crippen LogP contribution in [0.2, 0.25) is 15.1 Å². The molecule has 0 fully saturated rings. The van der Waals surface area contributed by atoms with Crippen LogP contribution < -0.4 is 14.4 Å². The minimum Gasteiger partial charge on any atom is -0.494 e. The second-order valence-corrected chi connectivity index (χ2v) is 13.4. The predicted molar refractivity (Wildman–Crippen MR) is 183 cm³/mol. The molecule has 1 N–H and O–H groups in total. The maximum absolute atomic E-state index is 14.5. The highest BCUT2D eigenvalue weighted by Crippen LogP contribution is 2.28. The zero-order chi connectivity index (χ0) is 33.3. The lowest BCUT2D eigenvalue weighted by atomic mass is 10.0. The number of likely N-dealkylation sites (N-methyl/N-ethyl adjacent to an activating group) is 1. The molecule has 0 aliphatic carbocycles. The minimum absolute atomic E-state index is 0.0392.